The van der Waals surface area contributed by atoms with Crippen LogP contribution < -0.4 is 5.32 Å². The Morgan fingerprint density at radius 2 is 1.48 bits per heavy atom. The Morgan fingerprint density at radius 3 is 2.23 bits per heavy atom. The summed E-state index contributed by atoms with van der Waals surface area (Å²) < 4.78 is 0. The van der Waals surface area contributed by atoms with E-state index in [9.17, 15) is 4.79 Å². The lowest BCUT2D eigenvalue weighted by Gasteiger charge is -2.00. The number of H-pyrrole nitrogens is 2. The van der Waals surface area contributed by atoms with Gasteiger partial charge in [-0.05, 0) is 43.5 Å². The highest BCUT2D eigenvalue weighted by Crippen LogP contribution is 2.16. The molecular formula is C23H22N6OS. The van der Waals surface area contributed by atoms with E-state index in [1.165, 1.54) is 11.3 Å². The second-order valence-corrected chi connectivity index (χ2v) is 8.36. The zero-order valence-electron chi connectivity index (χ0n) is 16.9. The van der Waals surface area contributed by atoms with Gasteiger partial charge in [-0.3, -0.25) is 4.79 Å². The van der Waals surface area contributed by atoms with E-state index < -0.39 is 0 Å². The lowest BCUT2D eigenvalue weighted by Crippen LogP contribution is -2.23. The molecule has 5 aromatic rings. The third-order valence-electron chi connectivity index (χ3n) is 5.13. The second kappa shape index (κ2) is 8.69. The van der Waals surface area contributed by atoms with E-state index in [2.05, 4.69) is 30.2 Å². The van der Waals surface area contributed by atoms with E-state index in [0.717, 1.165) is 64.4 Å². The van der Waals surface area contributed by atoms with Crippen LogP contribution in [0.4, 0.5) is 0 Å². The molecule has 8 heteroatoms. The average molecular weight is 431 g/mol. The molecule has 0 saturated carbocycles. The van der Waals surface area contributed by atoms with Crippen molar-refractivity contribution < 1.29 is 4.79 Å². The Hall–Kier alpha value is -3.52. The van der Waals surface area contributed by atoms with Crippen molar-refractivity contribution in [3.63, 3.8) is 0 Å². The number of aryl methyl sites for hydroxylation is 2. The van der Waals surface area contributed by atoms with Crippen LogP contribution in [-0.4, -0.2) is 30.8 Å². The number of imidazole rings is 2. The highest BCUT2D eigenvalue weighted by atomic mass is 32.1. The van der Waals surface area contributed by atoms with Gasteiger partial charge in [0.05, 0.1) is 33.6 Å². The van der Waals surface area contributed by atoms with E-state index in [4.69, 9.17) is 0 Å². The number of rotatable bonds is 8. The lowest BCUT2D eigenvalue weighted by atomic mass is 10.2. The highest BCUT2D eigenvalue weighted by Gasteiger charge is 2.12. The molecule has 156 valence electrons. The van der Waals surface area contributed by atoms with Crippen molar-refractivity contribution in [3.8, 4) is 0 Å². The zero-order valence-corrected chi connectivity index (χ0v) is 17.7. The van der Waals surface area contributed by atoms with Crippen molar-refractivity contribution in [2.45, 2.75) is 32.2 Å². The molecule has 3 heterocycles. The summed E-state index contributed by atoms with van der Waals surface area (Å²) >= 11 is 1.53. The number of aromatic amines is 2. The molecule has 0 bridgehead atoms. The standard InChI is InChI=1S/C23H22N6OS/c30-23(24-13-21-27-17-9-3-4-10-18(17)28-21)19-14-31-22(29-19)12-6-5-11-20-25-15-7-1-2-8-16(15)26-20/h1-4,7-10,14H,5-6,11-13H2,(H,24,30)(H,25,26)(H,27,28). The van der Waals surface area contributed by atoms with Crippen molar-refractivity contribution >= 4 is 39.3 Å². The van der Waals surface area contributed by atoms with E-state index in [1.54, 1.807) is 0 Å². The van der Waals surface area contributed by atoms with Crippen LogP contribution in [0.2, 0.25) is 0 Å². The summed E-state index contributed by atoms with van der Waals surface area (Å²) in [6.07, 6.45) is 3.80. The van der Waals surface area contributed by atoms with Gasteiger partial charge in [-0.25, -0.2) is 15.0 Å². The minimum Gasteiger partial charge on any atom is -0.343 e. The molecule has 0 aliphatic heterocycles. The number of para-hydroxylation sites is 4. The number of thiazole rings is 1. The first-order valence-electron chi connectivity index (χ1n) is 10.3. The fourth-order valence-corrected chi connectivity index (χ4v) is 4.39. The first kappa shape index (κ1) is 19.4. The van der Waals surface area contributed by atoms with Gasteiger partial charge >= 0.3 is 0 Å². The molecule has 7 nitrogen and oxygen atoms in total. The molecule has 31 heavy (non-hydrogen) atoms. The van der Waals surface area contributed by atoms with Crippen LogP contribution in [0.5, 0.6) is 0 Å². The minimum atomic E-state index is -0.176. The van der Waals surface area contributed by atoms with Crippen molar-refractivity contribution in [1.29, 1.82) is 0 Å². The molecule has 3 N–H and O–H groups in total. The van der Waals surface area contributed by atoms with Gasteiger partial charge in [0.1, 0.15) is 17.3 Å². The van der Waals surface area contributed by atoms with E-state index in [1.807, 2.05) is 53.9 Å². The van der Waals surface area contributed by atoms with Gasteiger partial charge in [-0.15, -0.1) is 11.3 Å². The van der Waals surface area contributed by atoms with Crippen molar-refractivity contribution in [2.24, 2.45) is 0 Å². The van der Waals surface area contributed by atoms with E-state index in [-0.39, 0.29) is 5.91 Å². The van der Waals surface area contributed by atoms with Crippen LogP contribution in [0.25, 0.3) is 22.1 Å². The fourth-order valence-electron chi connectivity index (χ4n) is 3.57. The summed E-state index contributed by atoms with van der Waals surface area (Å²) in [4.78, 5) is 32.6. The Labute approximate surface area is 183 Å². The zero-order chi connectivity index (χ0) is 21.0. The number of benzene rings is 2. The van der Waals surface area contributed by atoms with Gasteiger partial charge in [0, 0.05) is 11.8 Å². The quantitative estimate of drug-likeness (QED) is 0.318. The third-order valence-corrected chi connectivity index (χ3v) is 6.04. The van der Waals surface area contributed by atoms with Gasteiger partial charge in [0.2, 0.25) is 0 Å². The number of aromatic nitrogens is 5. The largest absolute Gasteiger partial charge is 0.343 e. The number of nitrogens with zero attached hydrogens (tertiary/aromatic N) is 3. The Bertz CT molecular complexity index is 1270. The Balaban J connectivity index is 1.09. The van der Waals surface area contributed by atoms with E-state index in [0.29, 0.717) is 12.2 Å². The topological polar surface area (TPSA) is 99.4 Å². The number of hydrogen-bond acceptors (Lipinski definition) is 5. The predicted octanol–water partition coefficient (Wildman–Crippen LogP) is 4.39. The molecular weight excluding hydrogens is 408 g/mol. The minimum absolute atomic E-state index is 0.176. The first-order valence-corrected chi connectivity index (χ1v) is 11.2. The monoisotopic (exact) mass is 430 g/mol. The number of carbonyl (C=O) groups excluding carboxylic acids is 1. The van der Waals surface area contributed by atoms with Gasteiger partial charge in [-0.1, -0.05) is 24.3 Å². The molecule has 3 aromatic heterocycles. The number of unbranched alkanes of at least 4 members (excludes halogenated alkanes) is 1. The first-order chi connectivity index (χ1) is 15.2. The van der Waals surface area contributed by atoms with Crippen LogP contribution >= 0.6 is 11.3 Å². The van der Waals surface area contributed by atoms with E-state index >= 15 is 0 Å². The summed E-state index contributed by atoms with van der Waals surface area (Å²) in [5, 5.41) is 5.70. The Morgan fingerprint density at radius 1 is 0.839 bits per heavy atom. The molecule has 0 spiro atoms. The molecule has 5 rings (SSSR count). The van der Waals surface area contributed by atoms with Crippen LogP contribution in [0.3, 0.4) is 0 Å². The molecule has 0 saturated heterocycles. The molecule has 0 fully saturated rings. The van der Waals surface area contributed by atoms with Crippen molar-refractivity contribution in [2.75, 3.05) is 0 Å². The van der Waals surface area contributed by atoms with Crippen molar-refractivity contribution in [1.82, 2.24) is 30.2 Å². The summed E-state index contributed by atoms with van der Waals surface area (Å²) in [5.41, 5.74) is 4.41. The number of carbonyl (C=O) groups is 1. The molecule has 2 aromatic carbocycles. The van der Waals surface area contributed by atoms with Gasteiger partial charge in [0.15, 0.2) is 0 Å². The fraction of sp³-hybridized carbons (Fsp3) is 0.217. The number of amides is 1. The summed E-state index contributed by atoms with van der Waals surface area (Å²) in [6.45, 7) is 0.345. The maximum atomic E-state index is 12.4. The molecule has 0 aliphatic carbocycles. The van der Waals surface area contributed by atoms with Crippen LogP contribution in [0.15, 0.2) is 53.9 Å². The maximum absolute atomic E-state index is 12.4. The normalized spacial score (nSPS) is 11.4. The smallest absolute Gasteiger partial charge is 0.271 e. The highest BCUT2D eigenvalue weighted by molar-refractivity contribution is 7.09. The summed E-state index contributed by atoms with van der Waals surface area (Å²) in [6, 6.07) is 15.9. The molecule has 0 unspecified atom stereocenters. The molecule has 0 radical (unpaired) electrons. The van der Waals surface area contributed by atoms with Gasteiger partial charge < -0.3 is 15.3 Å². The number of fused-ring (bicyclic) bond motifs is 2. The summed E-state index contributed by atoms with van der Waals surface area (Å²) in [5.74, 6) is 1.58. The van der Waals surface area contributed by atoms with Crippen LogP contribution in [0, 0.1) is 0 Å². The number of nitrogens with one attached hydrogen (secondary N) is 3. The lowest BCUT2D eigenvalue weighted by molar-refractivity contribution is 0.0945. The maximum Gasteiger partial charge on any atom is 0.271 e. The predicted molar refractivity (Wildman–Crippen MR) is 122 cm³/mol. The average Bonchev–Trinajstić information content (AvgIpc) is 3.52. The molecule has 1 amide bonds. The second-order valence-electron chi connectivity index (χ2n) is 7.42. The van der Waals surface area contributed by atoms with Gasteiger partial charge in [0.25, 0.3) is 5.91 Å². The van der Waals surface area contributed by atoms with Crippen LogP contribution in [-0.2, 0) is 19.4 Å². The van der Waals surface area contributed by atoms with Crippen molar-refractivity contribution in [3.05, 3.63) is 76.3 Å². The number of hydrogen-bond donors (Lipinski definition) is 3. The SMILES string of the molecule is O=C(NCc1nc2ccccc2[nH]1)c1csc(CCCCc2nc3ccccc3[nH]2)n1. The molecule has 0 aliphatic rings. The third kappa shape index (κ3) is 4.49. The van der Waals surface area contributed by atoms with Crippen LogP contribution in [0.1, 0.15) is 40.0 Å². The molecule has 0 atom stereocenters. The summed E-state index contributed by atoms with van der Waals surface area (Å²) in [7, 11) is 0. The van der Waals surface area contributed by atoms with Gasteiger partial charge in [-0.2, -0.15) is 0 Å². The Kier molecular flexibility index (Phi) is 5.45.